The standard InChI is InChI=1S/C19H21N5O/c1-25-19-16(20)12-14-11-15(13-5-3-2-4-6-13)18(22-17(14)23-19)24-9-7-21-8-10-24/h2-6,11-12,21H,7-10,20H2,1H3. The lowest BCUT2D eigenvalue weighted by Crippen LogP contribution is -2.44. The average Bonchev–Trinajstić information content (AvgIpc) is 2.68. The van der Waals surface area contributed by atoms with Gasteiger partial charge in [-0.15, -0.1) is 0 Å². The maximum Gasteiger partial charge on any atom is 0.238 e. The number of rotatable bonds is 3. The first-order chi connectivity index (χ1) is 12.3. The van der Waals surface area contributed by atoms with E-state index in [-0.39, 0.29) is 0 Å². The minimum absolute atomic E-state index is 0.415. The predicted molar refractivity (Wildman–Crippen MR) is 101 cm³/mol. The van der Waals surface area contributed by atoms with E-state index in [0.717, 1.165) is 48.5 Å². The van der Waals surface area contributed by atoms with Gasteiger partial charge in [-0.3, -0.25) is 0 Å². The number of benzene rings is 1. The van der Waals surface area contributed by atoms with E-state index in [2.05, 4.69) is 33.4 Å². The van der Waals surface area contributed by atoms with Gasteiger partial charge in [0.1, 0.15) is 5.82 Å². The third kappa shape index (κ3) is 2.96. The van der Waals surface area contributed by atoms with Crippen molar-refractivity contribution in [1.29, 1.82) is 0 Å². The van der Waals surface area contributed by atoms with Gasteiger partial charge in [0.15, 0.2) is 5.65 Å². The summed E-state index contributed by atoms with van der Waals surface area (Å²) in [5.41, 5.74) is 9.44. The van der Waals surface area contributed by atoms with E-state index >= 15 is 0 Å². The summed E-state index contributed by atoms with van der Waals surface area (Å²) in [4.78, 5) is 11.7. The number of nitrogens with two attached hydrogens (primary N) is 1. The molecule has 0 amide bonds. The van der Waals surface area contributed by atoms with Gasteiger partial charge in [-0.25, -0.2) is 4.98 Å². The lowest BCUT2D eigenvalue weighted by Gasteiger charge is -2.30. The number of fused-ring (bicyclic) bond motifs is 1. The van der Waals surface area contributed by atoms with Crippen LogP contribution in [0.5, 0.6) is 5.88 Å². The van der Waals surface area contributed by atoms with Gasteiger partial charge < -0.3 is 20.7 Å². The van der Waals surface area contributed by atoms with Crippen LogP contribution in [0.15, 0.2) is 42.5 Å². The van der Waals surface area contributed by atoms with Gasteiger partial charge in [0.25, 0.3) is 0 Å². The van der Waals surface area contributed by atoms with Crippen molar-refractivity contribution in [3.63, 3.8) is 0 Å². The van der Waals surface area contributed by atoms with Crippen LogP contribution in [-0.2, 0) is 0 Å². The number of nitrogen functional groups attached to an aromatic ring is 1. The van der Waals surface area contributed by atoms with Crippen LogP contribution in [0.1, 0.15) is 0 Å². The Bertz CT molecular complexity index is 891. The van der Waals surface area contributed by atoms with Crippen LogP contribution in [0.4, 0.5) is 11.5 Å². The SMILES string of the molecule is COc1nc2nc(N3CCNCC3)c(-c3ccccc3)cc2cc1N. The van der Waals surface area contributed by atoms with Crippen LogP contribution in [0, 0.1) is 0 Å². The van der Waals surface area contributed by atoms with Crippen LogP contribution < -0.4 is 20.7 Å². The fourth-order valence-electron chi connectivity index (χ4n) is 3.21. The first-order valence-electron chi connectivity index (χ1n) is 8.42. The Morgan fingerprint density at radius 1 is 1.08 bits per heavy atom. The normalized spacial score (nSPS) is 14.7. The van der Waals surface area contributed by atoms with Crippen molar-refractivity contribution in [1.82, 2.24) is 15.3 Å². The minimum atomic E-state index is 0.415. The fraction of sp³-hybridized carbons (Fsp3) is 0.263. The van der Waals surface area contributed by atoms with Crippen molar-refractivity contribution in [3.8, 4) is 17.0 Å². The molecule has 1 fully saturated rings. The summed E-state index contributed by atoms with van der Waals surface area (Å²) in [5, 5.41) is 4.30. The molecule has 0 spiro atoms. The number of hydrogen-bond donors (Lipinski definition) is 2. The monoisotopic (exact) mass is 335 g/mol. The first kappa shape index (κ1) is 15.7. The van der Waals surface area contributed by atoms with E-state index in [0.29, 0.717) is 17.2 Å². The fourth-order valence-corrected chi connectivity index (χ4v) is 3.21. The van der Waals surface area contributed by atoms with E-state index in [9.17, 15) is 0 Å². The molecule has 3 aromatic rings. The quantitative estimate of drug-likeness (QED) is 0.765. The van der Waals surface area contributed by atoms with Crippen molar-refractivity contribution in [3.05, 3.63) is 42.5 Å². The molecule has 1 aromatic carbocycles. The lowest BCUT2D eigenvalue weighted by molar-refractivity contribution is 0.401. The highest BCUT2D eigenvalue weighted by Gasteiger charge is 2.19. The van der Waals surface area contributed by atoms with Crippen LogP contribution in [0.3, 0.4) is 0 Å². The van der Waals surface area contributed by atoms with Crippen LogP contribution in [-0.4, -0.2) is 43.3 Å². The van der Waals surface area contributed by atoms with Gasteiger partial charge >= 0.3 is 0 Å². The zero-order valence-corrected chi connectivity index (χ0v) is 14.2. The summed E-state index contributed by atoms with van der Waals surface area (Å²) in [5.74, 6) is 1.37. The lowest BCUT2D eigenvalue weighted by atomic mass is 10.0. The number of pyridine rings is 2. The molecule has 6 heteroatoms. The second-order valence-electron chi connectivity index (χ2n) is 6.10. The van der Waals surface area contributed by atoms with E-state index in [1.807, 2.05) is 24.3 Å². The Labute approximate surface area is 146 Å². The molecule has 25 heavy (non-hydrogen) atoms. The summed E-state index contributed by atoms with van der Waals surface area (Å²) >= 11 is 0. The number of methoxy groups -OCH3 is 1. The number of aromatic nitrogens is 2. The average molecular weight is 335 g/mol. The molecule has 1 saturated heterocycles. The Kier molecular flexibility index (Phi) is 4.11. The summed E-state index contributed by atoms with van der Waals surface area (Å²) in [6.07, 6.45) is 0. The van der Waals surface area contributed by atoms with Crippen LogP contribution in [0.2, 0.25) is 0 Å². The second kappa shape index (κ2) is 6.57. The molecule has 1 aliphatic heterocycles. The molecule has 0 bridgehead atoms. The predicted octanol–water partition coefficient (Wildman–Crippen LogP) is 2.30. The van der Waals surface area contributed by atoms with Crippen molar-refractivity contribution in [2.45, 2.75) is 0 Å². The van der Waals surface area contributed by atoms with Crippen LogP contribution in [0.25, 0.3) is 22.2 Å². The van der Waals surface area contributed by atoms with Gasteiger partial charge in [0, 0.05) is 37.1 Å². The Hall–Kier alpha value is -2.86. The van der Waals surface area contributed by atoms with Gasteiger partial charge in [-0.1, -0.05) is 30.3 Å². The second-order valence-corrected chi connectivity index (χ2v) is 6.10. The van der Waals surface area contributed by atoms with Gasteiger partial charge in [-0.05, 0) is 17.7 Å². The summed E-state index contributed by atoms with van der Waals surface area (Å²) < 4.78 is 5.25. The van der Waals surface area contributed by atoms with Gasteiger partial charge in [0.2, 0.25) is 5.88 Å². The highest BCUT2D eigenvalue weighted by molar-refractivity contribution is 5.90. The van der Waals surface area contributed by atoms with E-state index in [4.69, 9.17) is 15.5 Å². The number of piperazine rings is 1. The number of anilines is 2. The molecule has 0 atom stereocenters. The number of nitrogens with one attached hydrogen (secondary N) is 1. The molecule has 0 saturated carbocycles. The molecule has 128 valence electrons. The molecule has 0 unspecified atom stereocenters. The molecule has 6 nitrogen and oxygen atoms in total. The highest BCUT2D eigenvalue weighted by atomic mass is 16.5. The largest absolute Gasteiger partial charge is 0.479 e. The summed E-state index contributed by atoms with van der Waals surface area (Å²) in [6.45, 7) is 3.74. The molecule has 4 rings (SSSR count). The topological polar surface area (TPSA) is 76.3 Å². The number of hydrogen-bond acceptors (Lipinski definition) is 6. The van der Waals surface area contributed by atoms with Gasteiger partial charge in [0.05, 0.1) is 12.8 Å². The van der Waals surface area contributed by atoms with Crippen LogP contribution >= 0.6 is 0 Å². The van der Waals surface area contributed by atoms with Gasteiger partial charge in [-0.2, -0.15) is 4.98 Å². The smallest absolute Gasteiger partial charge is 0.238 e. The molecular formula is C19H21N5O. The zero-order valence-electron chi connectivity index (χ0n) is 14.2. The first-order valence-corrected chi connectivity index (χ1v) is 8.42. The van der Waals surface area contributed by atoms with E-state index < -0.39 is 0 Å². The highest BCUT2D eigenvalue weighted by Crippen LogP contribution is 2.34. The molecule has 1 aliphatic rings. The van der Waals surface area contributed by atoms with E-state index in [1.165, 1.54) is 0 Å². The maximum atomic E-state index is 6.03. The van der Waals surface area contributed by atoms with Crippen molar-refractivity contribution >= 4 is 22.5 Å². The Morgan fingerprint density at radius 3 is 2.56 bits per heavy atom. The molecule has 0 aliphatic carbocycles. The minimum Gasteiger partial charge on any atom is -0.479 e. The third-order valence-corrected chi connectivity index (χ3v) is 4.47. The summed E-state index contributed by atoms with van der Waals surface area (Å²) in [6, 6.07) is 14.3. The summed E-state index contributed by atoms with van der Waals surface area (Å²) in [7, 11) is 1.57. The van der Waals surface area contributed by atoms with Crippen molar-refractivity contribution < 1.29 is 4.74 Å². The molecule has 3 N–H and O–H groups in total. The van der Waals surface area contributed by atoms with E-state index in [1.54, 1.807) is 7.11 Å². The maximum absolute atomic E-state index is 6.03. The molecule has 3 heterocycles. The Balaban J connectivity index is 1.93. The molecule has 0 radical (unpaired) electrons. The van der Waals surface area contributed by atoms with Crippen molar-refractivity contribution in [2.24, 2.45) is 0 Å². The zero-order chi connectivity index (χ0) is 17.2. The molecule has 2 aromatic heterocycles. The number of nitrogens with zero attached hydrogens (tertiary/aromatic N) is 3. The molecular weight excluding hydrogens is 314 g/mol. The van der Waals surface area contributed by atoms with Crippen molar-refractivity contribution in [2.75, 3.05) is 43.9 Å². The number of ether oxygens (including phenoxy) is 1. The third-order valence-electron chi connectivity index (χ3n) is 4.47. The Morgan fingerprint density at radius 2 is 1.84 bits per heavy atom.